The van der Waals surface area contributed by atoms with Gasteiger partial charge in [-0.25, -0.2) is 4.72 Å². The van der Waals surface area contributed by atoms with Crippen LogP contribution in [0.1, 0.15) is 44.9 Å². The number of hydrogen-bond donors (Lipinski definition) is 1. The third-order valence-electron chi connectivity index (χ3n) is 4.84. The smallest absolute Gasteiger partial charge is 0.274 e. The molecule has 0 aromatic heterocycles. The van der Waals surface area contributed by atoms with E-state index in [4.69, 9.17) is 0 Å². The van der Waals surface area contributed by atoms with E-state index in [1.165, 1.54) is 17.1 Å². The second-order valence-electron chi connectivity index (χ2n) is 6.07. The lowest BCUT2D eigenvalue weighted by Gasteiger charge is -2.25. The van der Waals surface area contributed by atoms with E-state index in [1.54, 1.807) is 0 Å². The molecular weight excluding hydrogens is 264 g/mol. The van der Waals surface area contributed by atoms with Gasteiger partial charge in [0, 0.05) is 19.0 Å². The summed E-state index contributed by atoms with van der Waals surface area (Å²) in [5.74, 6) is 0.597. The minimum Gasteiger partial charge on any atom is -0.274 e. The van der Waals surface area contributed by atoms with Crippen LogP contribution in [-0.2, 0) is 15.0 Å². The first kappa shape index (κ1) is 13.4. The SMILES string of the molecule is O=C(NS(=O)(=O)N1CCCCC1)C1[C@H]2CCCC[C@@H]12. The van der Waals surface area contributed by atoms with Gasteiger partial charge in [0.2, 0.25) is 5.91 Å². The molecule has 5 nitrogen and oxygen atoms in total. The molecule has 0 spiro atoms. The average Bonchev–Trinajstić information content (AvgIpc) is 3.13. The maximum absolute atomic E-state index is 12.1. The van der Waals surface area contributed by atoms with E-state index < -0.39 is 10.2 Å². The van der Waals surface area contributed by atoms with Crippen molar-refractivity contribution in [3.05, 3.63) is 0 Å². The maximum Gasteiger partial charge on any atom is 0.303 e. The fraction of sp³-hybridized carbons (Fsp3) is 0.923. The third kappa shape index (κ3) is 2.65. The molecule has 1 saturated heterocycles. The van der Waals surface area contributed by atoms with Gasteiger partial charge in [-0.3, -0.25) is 4.79 Å². The number of fused-ring (bicyclic) bond motifs is 1. The van der Waals surface area contributed by atoms with Crippen molar-refractivity contribution in [2.45, 2.75) is 44.9 Å². The summed E-state index contributed by atoms with van der Waals surface area (Å²) in [5, 5.41) is 0. The monoisotopic (exact) mass is 286 g/mol. The topological polar surface area (TPSA) is 66.5 Å². The average molecular weight is 286 g/mol. The van der Waals surface area contributed by atoms with E-state index in [2.05, 4.69) is 4.72 Å². The van der Waals surface area contributed by atoms with Crippen molar-refractivity contribution in [3.8, 4) is 0 Å². The van der Waals surface area contributed by atoms with Gasteiger partial charge in [-0.2, -0.15) is 12.7 Å². The largest absolute Gasteiger partial charge is 0.303 e. The van der Waals surface area contributed by atoms with Crippen molar-refractivity contribution >= 4 is 16.1 Å². The van der Waals surface area contributed by atoms with E-state index in [-0.39, 0.29) is 11.8 Å². The van der Waals surface area contributed by atoms with Crippen molar-refractivity contribution in [3.63, 3.8) is 0 Å². The Bertz CT molecular complexity index is 445. The van der Waals surface area contributed by atoms with Gasteiger partial charge >= 0.3 is 10.2 Å². The Kier molecular flexibility index (Phi) is 3.55. The molecule has 1 amide bonds. The summed E-state index contributed by atoms with van der Waals surface area (Å²) in [6.45, 7) is 1.08. The molecule has 1 unspecified atom stereocenters. The highest BCUT2D eigenvalue weighted by atomic mass is 32.2. The highest BCUT2D eigenvalue weighted by molar-refractivity contribution is 7.87. The van der Waals surface area contributed by atoms with Crippen molar-refractivity contribution in [2.75, 3.05) is 13.1 Å². The molecule has 2 aliphatic carbocycles. The van der Waals surface area contributed by atoms with Crippen LogP contribution in [0.2, 0.25) is 0 Å². The van der Waals surface area contributed by atoms with E-state index in [9.17, 15) is 13.2 Å². The zero-order valence-electron chi connectivity index (χ0n) is 11.2. The molecule has 108 valence electrons. The highest BCUT2D eigenvalue weighted by Crippen LogP contribution is 2.55. The van der Waals surface area contributed by atoms with Crippen molar-refractivity contribution < 1.29 is 13.2 Å². The molecule has 0 radical (unpaired) electrons. The van der Waals surface area contributed by atoms with Crippen LogP contribution in [0.25, 0.3) is 0 Å². The number of piperidine rings is 1. The summed E-state index contributed by atoms with van der Waals surface area (Å²) < 4.78 is 28.0. The predicted molar refractivity (Wildman–Crippen MR) is 71.4 cm³/mol. The highest BCUT2D eigenvalue weighted by Gasteiger charge is 2.55. The molecule has 3 fully saturated rings. The molecule has 2 saturated carbocycles. The molecule has 1 aliphatic heterocycles. The van der Waals surface area contributed by atoms with Crippen LogP contribution in [0, 0.1) is 17.8 Å². The summed E-state index contributed by atoms with van der Waals surface area (Å²) in [7, 11) is -3.60. The van der Waals surface area contributed by atoms with Gasteiger partial charge in [-0.1, -0.05) is 19.3 Å². The second kappa shape index (κ2) is 5.05. The summed E-state index contributed by atoms with van der Waals surface area (Å²) in [5.41, 5.74) is 0. The Hall–Kier alpha value is -0.620. The summed E-state index contributed by atoms with van der Waals surface area (Å²) in [4.78, 5) is 12.1. The van der Waals surface area contributed by atoms with Crippen LogP contribution in [0.4, 0.5) is 0 Å². The number of nitrogens with one attached hydrogen (secondary N) is 1. The lowest BCUT2D eigenvalue weighted by atomic mass is 10.0. The third-order valence-corrected chi connectivity index (χ3v) is 6.35. The van der Waals surface area contributed by atoms with Crippen molar-refractivity contribution in [2.24, 2.45) is 17.8 Å². The van der Waals surface area contributed by atoms with Gasteiger partial charge in [-0.05, 0) is 37.5 Å². The van der Waals surface area contributed by atoms with Crippen LogP contribution in [-0.4, -0.2) is 31.7 Å². The van der Waals surface area contributed by atoms with Crippen LogP contribution in [0.5, 0.6) is 0 Å². The fourth-order valence-electron chi connectivity index (χ4n) is 3.75. The molecule has 3 rings (SSSR count). The molecule has 0 aromatic rings. The minimum atomic E-state index is -3.60. The molecule has 19 heavy (non-hydrogen) atoms. The Balaban J connectivity index is 1.59. The van der Waals surface area contributed by atoms with Crippen molar-refractivity contribution in [1.82, 2.24) is 9.03 Å². The molecule has 1 N–H and O–H groups in total. The van der Waals surface area contributed by atoms with E-state index in [1.807, 2.05) is 0 Å². The van der Waals surface area contributed by atoms with Crippen LogP contribution >= 0.6 is 0 Å². The first-order chi connectivity index (χ1) is 9.09. The zero-order chi connectivity index (χ0) is 13.5. The van der Waals surface area contributed by atoms with Gasteiger partial charge in [0.15, 0.2) is 0 Å². The summed E-state index contributed by atoms with van der Waals surface area (Å²) in [6.07, 6.45) is 7.41. The van der Waals surface area contributed by atoms with Gasteiger partial charge in [0.25, 0.3) is 0 Å². The summed E-state index contributed by atoms with van der Waals surface area (Å²) in [6, 6.07) is 0. The Morgan fingerprint density at radius 2 is 1.53 bits per heavy atom. The molecule has 3 aliphatic rings. The quantitative estimate of drug-likeness (QED) is 0.849. The van der Waals surface area contributed by atoms with E-state index >= 15 is 0 Å². The number of hydrogen-bond acceptors (Lipinski definition) is 3. The maximum atomic E-state index is 12.1. The Labute approximate surface area is 114 Å². The van der Waals surface area contributed by atoms with Crippen LogP contribution in [0.15, 0.2) is 0 Å². The molecule has 3 atom stereocenters. The normalized spacial score (nSPS) is 35.5. The zero-order valence-corrected chi connectivity index (χ0v) is 12.0. The number of rotatable bonds is 3. The minimum absolute atomic E-state index is 0.0398. The predicted octanol–water partition coefficient (Wildman–Crippen LogP) is 1.27. The standard InChI is InChI=1S/C13H22N2O3S/c16-13(12-10-6-2-3-7-11(10)12)14-19(17,18)15-8-4-1-5-9-15/h10-12H,1-9H2,(H,14,16)/t10-,11+,12?. The van der Waals surface area contributed by atoms with Gasteiger partial charge in [0.1, 0.15) is 0 Å². The van der Waals surface area contributed by atoms with Gasteiger partial charge < -0.3 is 0 Å². The van der Waals surface area contributed by atoms with Gasteiger partial charge in [-0.15, -0.1) is 0 Å². The van der Waals surface area contributed by atoms with E-state index in [0.29, 0.717) is 24.9 Å². The first-order valence-corrected chi connectivity index (χ1v) is 8.85. The lowest BCUT2D eigenvalue weighted by Crippen LogP contribution is -2.46. The van der Waals surface area contributed by atoms with Gasteiger partial charge in [0.05, 0.1) is 0 Å². The molecular formula is C13H22N2O3S. The van der Waals surface area contributed by atoms with E-state index in [0.717, 1.165) is 32.1 Å². The molecule has 0 bridgehead atoms. The lowest BCUT2D eigenvalue weighted by molar-refractivity contribution is -0.121. The Morgan fingerprint density at radius 1 is 0.947 bits per heavy atom. The number of amides is 1. The van der Waals surface area contributed by atoms with Crippen LogP contribution in [0.3, 0.4) is 0 Å². The molecule has 6 heteroatoms. The fourth-order valence-corrected chi connectivity index (χ4v) is 5.00. The number of nitrogens with zero attached hydrogens (tertiary/aromatic N) is 1. The van der Waals surface area contributed by atoms with Crippen molar-refractivity contribution in [1.29, 1.82) is 0 Å². The second-order valence-corrected chi connectivity index (χ2v) is 7.74. The molecule has 0 aromatic carbocycles. The number of carbonyl (C=O) groups excluding carboxylic acids is 1. The Morgan fingerprint density at radius 3 is 2.11 bits per heavy atom. The number of carbonyl (C=O) groups is 1. The summed E-state index contributed by atoms with van der Waals surface area (Å²) >= 11 is 0. The van der Waals surface area contributed by atoms with Crippen LogP contribution < -0.4 is 4.72 Å². The molecule has 1 heterocycles. The first-order valence-electron chi connectivity index (χ1n) is 7.41.